The number of rotatable bonds is 4. The minimum Gasteiger partial charge on any atom is -0.392 e. The van der Waals surface area contributed by atoms with Gasteiger partial charge < -0.3 is 10.0 Å². The molecule has 26 heavy (non-hydrogen) atoms. The van der Waals surface area contributed by atoms with Gasteiger partial charge in [-0.25, -0.2) is 9.50 Å². The Kier molecular flexibility index (Phi) is 4.88. The lowest BCUT2D eigenvalue weighted by Crippen LogP contribution is -2.53. The Morgan fingerprint density at radius 3 is 2.73 bits per heavy atom. The zero-order valence-electron chi connectivity index (χ0n) is 14.8. The predicted molar refractivity (Wildman–Crippen MR) is 106 cm³/mol. The molecule has 6 nitrogen and oxygen atoms in total. The van der Waals surface area contributed by atoms with E-state index in [-0.39, 0.29) is 6.10 Å². The molecule has 138 valence electrons. The number of nitrogens with zero attached hydrogens (tertiary/aromatic N) is 5. The first-order chi connectivity index (χ1) is 12.5. The molecule has 2 unspecified atom stereocenters. The van der Waals surface area contributed by atoms with Gasteiger partial charge in [0.15, 0.2) is 0 Å². The molecule has 0 aliphatic carbocycles. The number of β-amino-alcohol motifs (C(OH)–C–C–N with tert-alkyl or cyclic N) is 1. The SMILES string of the molecule is CC(O)CN1CCN(c2nn3cc(-c4ccc(Cl)cc4)nc3s2)CC1C. The van der Waals surface area contributed by atoms with Crippen LogP contribution in [0.15, 0.2) is 30.5 Å². The van der Waals surface area contributed by atoms with Crippen molar-refractivity contribution in [3.63, 3.8) is 0 Å². The first kappa shape index (κ1) is 17.7. The van der Waals surface area contributed by atoms with Crippen LogP contribution >= 0.6 is 22.9 Å². The van der Waals surface area contributed by atoms with Crippen LogP contribution in [-0.2, 0) is 0 Å². The Bertz CT molecular complexity index is 859. The molecule has 8 heteroatoms. The Morgan fingerprint density at radius 2 is 2.08 bits per heavy atom. The molecule has 3 heterocycles. The van der Waals surface area contributed by atoms with Crippen LogP contribution in [0.4, 0.5) is 5.13 Å². The van der Waals surface area contributed by atoms with Gasteiger partial charge in [0, 0.05) is 42.8 Å². The molecule has 0 amide bonds. The molecule has 1 aromatic carbocycles. The van der Waals surface area contributed by atoms with Gasteiger partial charge in [0.1, 0.15) is 0 Å². The van der Waals surface area contributed by atoms with Crippen molar-refractivity contribution in [2.24, 2.45) is 0 Å². The number of halogens is 1. The molecule has 0 bridgehead atoms. The molecule has 1 N–H and O–H groups in total. The highest BCUT2D eigenvalue weighted by Crippen LogP contribution is 2.28. The lowest BCUT2D eigenvalue weighted by atomic mass is 10.2. The molecule has 3 aromatic rings. The maximum absolute atomic E-state index is 9.62. The van der Waals surface area contributed by atoms with E-state index in [9.17, 15) is 5.11 Å². The molecule has 0 saturated carbocycles. The summed E-state index contributed by atoms with van der Waals surface area (Å²) in [7, 11) is 0. The molecular weight excluding hydrogens is 370 g/mol. The molecule has 0 spiro atoms. The fourth-order valence-corrected chi connectivity index (χ4v) is 4.40. The smallest absolute Gasteiger partial charge is 0.214 e. The Balaban J connectivity index is 1.50. The van der Waals surface area contributed by atoms with Crippen LogP contribution in [0.3, 0.4) is 0 Å². The van der Waals surface area contributed by atoms with Crippen LogP contribution in [0.5, 0.6) is 0 Å². The van der Waals surface area contributed by atoms with E-state index in [0.29, 0.717) is 6.04 Å². The van der Waals surface area contributed by atoms with Crippen molar-refractivity contribution in [2.45, 2.75) is 26.0 Å². The van der Waals surface area contributed by atoms with Gasteiger partial charge in [-0.05, 0) is 26.0 Å². The van der Waals surface area contributed by atoms with Crippen molar-refractivity contribution in [3.05, 3.63) is 35.5 Å². The van der Waals surface area contributed by atoms with Crippen molar-refractivity contribution < 1.29 is 5.11 Å². The number of aromatic nitrogens is 3. The number of aliphatic hydroxyl groups excluding tert-OH is 1. The van der Waals surface area contributed by atoms with Crippen molar-refractivity contribution in [1.82, 2.24) is 19.5 Å². The van der Waals surface area contributed by atoms with Crippen molar-refractivity contribution in [1.29, 1.82) is 0 Å². The summed E-state index contributed by atoms with van der Waals surface area (Å²) in [5.74, 6) is 0. The minimum atomic E-state index is -0.293. The van der Waals surface area contributed by atoms with Gasteiger partial charge >= 0.3 is 0 Å². The minimum absolute atomic E-state index is 0.293. The van der Waals surface area contributed by atoms with Crippen LogP contribution in [0.25, 0.3) is 16.2 Å². The number of anilines is 1. The second-order valence-electron chi connectivity index (χ2n) is 6.88. The summed E-state index contributed by atoms with van der Waals surface area (Å²) in [5, 5.41) is 16.1. The lowest BCUT2D eigenvalue weighted by Gasteiger charge is -2.40. The predicted octanol–water partition coefficient (Wildman–Crippen LogP) is 3.00. The average Bonchev–Trinajstić information content (AvgIpc) is 3.16. The summed E-state index contributed by atoms with van der Waals surface area (Å²) in [6, 6.07) is 8.07. The number of aliphatic hydroxyl groups is 1. The molecule has 0 radical (unpaired) electrons. The third-order valence-corrected chi connectivity index (χ3v) is 5.94. The number of fused-ring (bicyclic) bond motifs is 1. The van der Waals surface area contributed by atoms with E-state index in [1.54, 1.807) is 11.3 Å². The zero-order chi connectivity index (χ0) is 18.3. The summed E-state index contributed by atoms with van der Waals surface area (Å²) in [5.41, 5.74) is 1.94. The first-order valence-corrected chi connectivity index (χ1v) is 9.98. The molecule has 1 aliphatic rings. The first-order valence-electron chi connectivity index (χ1n) is 8.79. The molecule has 1 fully saturated rings. The molecule has 1 saturated heterocycles. The highest BCUT2D eigenvalue weighted by atomic mass is 35.5. The van der Waals surface area contributed by atoms with Gasteiger partial charge in [0.25, 0.3) is 0 Å². The van der Waals surface area contributed by atoms with E-state index in [0.717, 1.165) is 52.6 Å². The third-order valence-electron chi connectivity index (χ3n) is 4.71. The summed E-state index contributed by atoms with van der Waals surface area (Å²) >= 11 is 7.57. The Labute approximate surface area is 161 Å². The number of imidazole rings is 1. The fourth-order valence-electron chi connectivity index (χ4n) is 3.36. The number of hydrogen-bond acceptors (Lipinski definition) is 6. The summed E-state index contributed by atoms with van der Waals surface area (Å²) < 4.78 is 1.86. The van der Waals surface area contributed by atoms with E-state index in [2.05, 4.69) is 16.7 Å². The highest BCUT2D eigenvalue weighted by Gasteiger charge is 2.26. The molecule has 4 rings (SSSR count). The standard InChI is InChI=1S/C18H22ClN5OS/c1-12-9-23(8-7-22(12)10-13(2)25)18-21-24-11-16(20-17(24)26-18)14-3-5-15(19)6-4-14/h3-6,11-13,25H,7-10H2,1-2H3. The molecular formula is C18H22ClN5OS. The lowest BCUT2D eigenvalue weighted by molar-refractivity contribution is 0.0960. The second-order valence-corrected chi connectivity index (χ2v) is 8.25. The van der Waals surface area contributed by atoms with Crippen LogP contribution in [-0.4, -0.2) is 62.9 Å². The largest absolute Gasteiger partial charge is 0.392 e. The maximum atomic E-state index is 9.62. The third kappa shape index (κ3) is 3.57. The summed E-state index contributed by atoms with van der Waals surface area (Å²) in [6.45, 7) is 7.52. The van der Waals surface area contributed by atoms with Gasteiger partial charge in [-0.2, -0.15) is 0 Å². The maximum Gasteiger partial charge on any atom is 0.214 e. The van der Waals surface area contributed by atoms with E-state index in [1.807, 2.05) is 41.9 Å². The van der Waals surface area contributed by atoms with Crippen LogP contribution < -0.4 is 4.90 Å². The molecule has 2 atom stereocenters. The monoisotopic (exact) mass is 391 g/mol. The number of piperazine rings is 1. The van der Waals surface area contributed by atoms with Gasteiger partial charge in [-0.15, -0.1) is 5.10 Å². The van der Waals surface area contributed by atoms with Crippen molar-refractivity contribution in [2.75, 3.05) is 31.1 Å². The normalized spacial score (nSPS) is 20.0. The number of benzene rings is 1. The van der Waals surface area contributed by atoms with Crippen molar-refractivity contribution in [3.8, 4) is 11.3 Å². The van der Waals surface area contributed by atoms with Crippen LogP contribution in [0, 0.1) is 0 Å². The van der Waals surface area contributed by atoms with Crippen LogP contribution in [0.2, 0.25) is 5.02 Å². The Hall–Kier alpha value is -1.67. The Morgan fingerprint density at radius 1 is 1.31 bits per heavy atom. The van der Waals surface area contributed by atoms with Gasteiger partial charge in [-0.3, -0.25) is 4.90 Å². The van der Waals surface area contributed by atoms with Gasteiger partial charge in [0.05, 0.1) is 18.0 Å². The van der Waals surface area contributed by atoms with E-state index in [1.165, 1.54) is 0 Å². The topological polar surface area (TPSA) is 56.9 Å². The molecule has 2 aromatic heterocycles. The second kappa shape index (κ2) is 7.15. The van der Waals surface area contributed by atoms with Crippen LogP contribution in [0.1, 0.15) is 13.8 Å². The summed E-state index contributed by atoms with van der Waals surface area (Å²) in [4.78, 5) is 10.2. The van der Waals surface area contributed by atoms with Gasteiger partial charge in [-0.1, -0.05) is 35.1 Å². The van der Waals surface area contributed by atoms with E-state index < -0.39 is 0 Å². The van der Waals surface area contributed by atoms with E-state index >= 15 is 0 Å². The average molecular weight is 392 g/mol. The highest BCUT2D eigenvalue weighted by molar-refractivity contribution is 7.20. The quantitative estimate of drug-likeness (QED) is 0.740. The molecule has 1 aliphatic heterocycles. The van der Waals surface area contributed by atoms with Crippen molar-refractivity contribution >= 4 is 33.0 Å². The number of hydrogen-bond donors (Lipinski definition) is 1. The van der Waals surface area contributed by atoms with Gasteiger partial charge in [0.2, 0.25) is 10.1 Å². The fraction of sp³-hybridized carbons (Fsp3) is 0.444. The summed E-state index contributed by atoms with van der Waals surface area (Å²) in [6.07, 6.45) is 1.67. The van der Waals surface area contributed by atoms with E-state index in [4.69, 9.17) is 21.7 Å². The zero-order valence-corrected chi connectivity index (χ0v) is 16.4.